The highest BCUT2D eigenvalue weighted by molar-refractivity contribution is 5.33. The molecule has 2 N–H and O–H groups in total. The van der Waals surface area contributed by atoms with Gasteiger partial charge in [-0.05, 0) is 37.6 Å². The number of aromatic nitrogens is 1. The summed E-state index contributed by atoms with van der Waals surface area (Å²) in [5.41, 5.74) is 0. The number of anilines is 1. The molecule has 1 fully saturated rings. The molecule has 3 heteroatoms. The summed E-state index contributed by atoms with van der Waals surface area (Å²) in [6.45, 7) is 3.33. The van der Waals surface area contributed by atoms with Gasteiger partial charge in [-0.1, -0.05) is 6.07 Å². The Kier molecular flexibility index (Phi) is 2.77. The van der Waals surface area contributed by atoms with Crippen LogP contribution < -0.4 is 10.6 Å². The summed E-state index contributed by atoms with van der Waals surface area (Å²) in [4.78, 5) is 4.21. The maximum absolute atomic E-state index is 4.21. The molecule has 2 rings (SSSR count). The van der Waals surface area contributed by atoms with Crippen LogP contribution in [0.15, 0.2) is 24.4 Å². The first-order chi connectivity index (χ1) is 6.45. The van der Waals surface area contributed by atoms with Crippen LogP contribution >= 0.6 is 0 Å². The van der Waals surface area contributed by atoms with Crippen molar-refractivity contribution in [3.05, 3.63) is 24.4 Å². The number of hydrogen-bond donors (Lipinski definition) is 2. The van der Waals surface area contributed by atoms with Gasteiger partial charge in [-0.3, -0.25) is 0 Å². The molecule has 0 bridgehead atoms. The van der Waals surface area contributed by atoms with Crippen molar-refractivity contribution in [1.82, 2.24) is 10.3 Å². The van der Waals surface area contributed by atoms with Crippen molar-refractivity contribution >= 4 is 5.82 Å². The van der Waals surface area contributed by atoms with Crippen molar-refractivity contribution in [2.45, 2.75) is 6.42 Å². The Morgan fingerprint density at radius 1 is 1.54 bits per heavy atom. The minimum atomic E-state index is 0.766. The minimum Gasteiger partial charge on any atom is -0.370 e. The highest BCUT2D eigenvalue weighted by Gasteiger charge is 2.13. The zero-order chi connectivity index (χ0) is 8.93. The van der Waals surface area contributed by atoms with Crippen molar-refractivity contribution in [1.29, 1.82) is 0 Å². The first-order valence-electron chi connectivity index (χ1n) is 4.81. The van der Waals surface area contributed by atoms with Gasteiger partial charge in [-0.15, -0.1) is 0 Å². The third-order valence-corrected chi connectivity index (χ3v) is 2.40. The van der Waals surface area contributed by atoms with Crippen LogP contribution in [0.5, 0.6) is 0 Å². The molecule has 1 aromatic rings. The molecule has 0 amide bonds. The quantitative estimate of drug-likeness (QED) is 0.726. The van der Waals surface area contributed by atoms with Gasteiger partial charge in [0, 0.05) is 12.7 Å². The molecule has 70 valence electrons. The summed E-state index contributed by atoms with van der Waals surface area (Å²) in [7, 11) is 0. The van der Waals surface area contributed by atoms with Crippen molar-refractivity contribution < 1.29 is 0 Å². The van der Waals surface area contributed by atoms with E-state index in [9.17, 15) is 0 Å². The number of nitrogens with zero attached hydrogens (tertiary/aromatic N) is 1. The van der Waals surface area contributed by atoms with Gasteiger partial charge in [0.2, 0.25) is 0 Å². The van der Waals surface area contributed by atoms with Gasteiger partial charge < -0.3 is 10.6 Å². The summed E-state index contributed by atoms with van der Waals surface area (Å²) in [5, 5.41) is 6.68. The minimum absolute atomic E-state index is 0.766. The monoisotopic (exact) mass is 177 g/mol. The van der Waals surface area contributed by atoms with Crippen LogP contribution in [0.3, 0.4) is 0 Å². The molecule has 3 nitrogen and oxygen atoms in total. The van der Waals surface area contributed by atoms with Crippen LogP contribution in [0.1, 0.15) is 6.42 Å². The van der Waals surface area contributed by atoms with Gasteiger partial charge in [-0.2, -0.15) is 0 Å². The zero-order valence-electron chi connectivity index (χ0n) is 7.66. The Morgan fingerprint density at radius 2 is 2.54 bits per heavy atom. The maximum atomic E-state index is 4.21. The van der Waals surface area contributed by atoms with Crippen molar-refractivity contribution in [2.75, 3.05) is 25.0 Å². The molecule has 0 radical (unpaired) electrons. The predicted molar refractivity (Wildman–Crippen MR) is 53.7 cm³/mol. The van der Waals surface area contributed by atoms with E-state index in [1.54, 1.807) is 0 Å². The smallest absolute Gasteiger partial charge is 0.125 e. The van der Waals surface area contributed by atoms with Crippen LogP contribution in [0, 0.1) is 5.92 Å². The van der Waals surface area contributed by atoms with Gasteiger partial charge >= 0.3 is 0 Å². The summed E-state index contributed by atoms with van der Waals surface area (Å²) in [6, 6.07) is 5.94. The van der Waals surface area contributed by atoms with Crippen LogP contribution in [0.4, 0.5) is 5.82 Å². The molecule has 1 saturated heterocycles. The van der Waals surface area contributed by atoms with Crippen LogP contribution in [0.2, 0.25) is 0 Å². The normalized spacial score (nSPS) is 21.7. The predicted octanol–water partition coefficient (Wildman–Crippen LogP) is 1.10. The lowest BCUT2D eigenvalue weighted by Gasteiger charge is -2.09. The first-order valence-corrected chi connectivity index (χ1v) is 4.81. The van der Waals surface area contributed by atoms with E-state index in [1.807, 2.05) is 24.4 Å². The molecular formula is C10H15N3. The highest BCUT2D eigenvalue weighted by Crippen LogP contribution is 2.08. The molecule has 0 spiro atoms. The van der Waals surface area contributed by atoms with Crippen molar-refractivity contribution in [3.8, 4) is 0 Å². The molecule has 0 aromatic carbocycles. The molecule has 1 aliphatic heterocycles. The van der Waals surface area contributed by atoms with Gasteiger partial charge in [-0.25, -0.2) is 4.98 Å². The molecule has 1 atom stereocenters. The largest absolute Gasteiger partial charge is 0.370 e. The SMILES string of the molecule is c1ccc(NC[C@@H]2CCNC2)nc1. The number of nitrogens with one attached hydrogen (secondary N) is 2. The Bertz CT molecular complexity index is 242. The fourth-order valence-corrected chi connectivity index (χ4v) is 1.60. The number of pyridine rings is 1. The lowest BCUT2D eigenvalue weighted by Crippen LogP contribution is -2.17. The van der Waals surface area contributed by atoms with Crippen LogP contribution in [0.25, 0.3) is 0 Å². The van der Waals surface area contributed by atoms with E-state index in [4.69, 9.17) is 0 Å². The molecule has 2 heterocycles. The number of hydrogen-bond acceptors (Lipinski definition) is 3. The van der Waals surface area contributed by atoms with Gasteiger partial charge in [0.1, 0.15) is 5.82 Å². The van der Waals surface area contributed by atoms with E-state index >= 15 is 0 Å². The van der Waals surface area contributed by atoms with Gasteiger partial charge in [0.25, 0.3) is 0 Å². The molecular weight excluding hydrogens is 162 g/mol. The summed E-state index contributed by atoms with van der Waals surface area (Å²) >= 11 is 0. The molecule has 1 aromatic heterocycles. The molecule has 0 aliphatic carbocycles. The first kappa shape index (κ1) is 8.51. The Hall–Kier alpha value is -1.09. The average Bonchev–Trinajstić information content (AvgIpc) is 2.69. The van der Waals surface area contributed by atoms with E-state index in [1.165, 1.54) is 6.42 Å². The fraction of sp³-hybridized carbons (Fsp3) is 0.500. The van der Waals surface area contributed by atoms with E-state index in [0.29, 0.717) is 0 Å². The van der Waals surface area contributed by atoms with Crippen LogP contribution in [-0.4, -0.2) is 24.6 Å². The Labute approximate surface area is 78.6 Å². The van der Waals surface area contributed by atoms with Crippen molar-refractivity contribution in [2.24, 2.45) is 5.92 Å². The lowest BCUT2D eigenvalue weighted by atomic mass is 10.1. The number of rotatable bonds is 3. The fourth-order valence-electron chi connectivity index (χ4n) is 1.60. The molecule has 0 saturated carbocycles. The average molecular weight is 177 g/mol. The third-order valence-electron chi connectivity index (χ3n) is 2.40. The third kappa shape index (κ3) is 2.42. The van der Waals surface area contributed by atoms with E-state index in [2.05, 4.69) is 15.6 Å². The maximum Gasteiger partial charge on any atom is 0.125 e. The molecule has 1 aliphatic rings. The van der Waals surface area contributed by atoms with E-state index in [0.717, 1.165) is 31.4 Å². The van der Waals surface area contributed by atoms with Crippen molar-refractivity contribution in [3.63, 3.8) is 0 Å². The summed E-state index contributed by atoms with van der Waals surface area (Å²) < 4.78 is 0. The van der Waals surface area contributed by atoms with Crippen LogP contribution in [-0.2, 0) is 0 Å². The highest BCUT2D eigenvalue weighted by atomic mass is 15.0. The molecule has 0 unspecified atom stereocenters. The second-order valence-electron chi connectivity index (χ2n) is 3.45. The van der Waals surface area contributed by atoms with Gasteiger partial charge in [0.05, 0.1) is 0 Å². The Morgan fingerprint density at radius 3 is 3.23 bits per heavy atom. The summed E-state index contributed by atoms with van der Waals surface area (Å²) in [6.07, 6.45) is 3.09. The molecule has 13 heavy (non-hydrogen) atoms. The topological polar surface area (TPSA) is 37.0 Å². The van der Waals surface area contributed by atoms with Gasteiger partial charge in [0.15, 0.2) is 0 Å². The second-order valence-corrected chi connectivity index (χ2v) is 3.45. The Balaban J connectivity index is 1.79. The standard InChI is InChI=1S/C10H15N3/c1-2-5-12-10(3-1)13-8-9-4-6-11-7-9/h1-3,5,9,11H,4,6-8H2,(H,12,13)/t9-/m1/s1. The second kappa shape index (κ2) is 4.23. The summed E-state index contributed by atoms with van der Waals surface area (Å²) in [5.74, 6) is 1.75. The van der Waals surface area contributed by atoms with E-state index in [-0.39, 0.29) is 0 Å². The lowest BCUT2D eigenvalue weighted by molar-refractivity contribution is 0.614. The van der Waals surface area contributed by atoms with E-state index < -0.39 is 0 Å². The zero-order valence-corrected chi connectivity index (χ0v) is 7.66.